The minimum Gasteiger partial charge on any atom is -0.352 e. The molecule has 5 N–H and O–H groups in total. The van der Waals surface area contributed by atoms with Crippen molar-refractivity contribution in [3.8, 4) is 0 Å². The number of para-hydroxylation sites is 1. The van der Waals surface area contributed by atoms with Crippen LogP contribution >= 0.6 is 0 Å². The van der Waals surface area contributed by atoms with E-state index in [-0.39, 0.29) is 30.9 Å². The maximum atomic E-state index is 12.7. The Morgan fingerprint density at radius 3 is 2.68 bits per heavy atom. The average Bonchev–Trinajstić information content (AvgIpc) is 2.73. The number of nitrogens with one attached hydrogen (secondary N) is 3. The molecule has 0 aromatic heterocycles. The van der Waals surface area contributed by atoms with Crippen LogP contribution in [0.3, 0.4) is 0 Å². The molecule has 2 rings (SSSR count). The first-order chi connectivity index (χ1) is 11.9. The second-order valence-corrected chi connectivity index (χ2v) is 6.13. The van der Waals surface area contributed by atoms with Gasteiger partial charge in [-0.05, 0) is 17.5 Å². The Kier molecular flexibility index (Phi) is 6.21. The lowest BCUT2D eigenvalue weighted by Gasteiger charge is -2.32. The maximum Gasteiger partial charge on any atom is 0.318 e. The van der Waals surface area contributed by atoms with Crippen LogP contribution in [0.2, 0.25) is 0 Å². The van der Waals surface area contributed by atoms with Crippen molar-refractivity contribution in [2.45, 2.75) is 32.9 Å². The van der Waals surface area contributed by atoms with Crippen LogP contribution in [0, 0.1) is 5.92 Å². The maximum absolute atomic E-state index is 12.7. The van der Waals surface area contributed by atoms with Crippen molar-refractivity contribution in [2.24, 2.45) is 11.7 Å². The van der Waals surface area contributed by atoms with E-state index in [2.05, 4.69) is 16.0 Å². The fraction of sp³-hybridized carbons (Fsp3) is 0.471. The van der Waals surface area contributed by atoms with Crippen molar-refractivity contribution in [3.05, 3.63) is 29.8 Å². The second-order valence-electron chi connectivity index (χ2n) is 6.13. The molecule has 8 nitrogen and oxygen atoms in total. The highest BCUT2D eigenvalue weighted by molar-refractivity contribution is 5.98. The third-order valence-electron chi connectivity index (χ3n) is 4.36. The number of amides is 5. The molecule has 0 aliphatic carbocycles. The van der Waals surface area contributed by atoms with E-state index in [1.165, 1.54) is 0 Å². The molecule has 0 radical (unpaired) electrons. The van der Waals surface area contributed by atoms with Gasteiger partial charge in [-0.1, -0.05) is 38.5 Å². The summed E-state index contributed by atoms with van der Waals surface area (Å²) >= 11 is 0. The zero-order valence-corrected chi connectivity index (χ0v) is 14.5. The molecule has 25 heavy (non-hydrogen) atoms. The summed E-state index contributed by atoms with van der Waals surface area (Å²) in [6.07, 6.45) is 0.765. The molecule has 0 unspecified atom stereocenters. The molecule has 5 amide bonds. The van der Waals surface area contributed by atoms with E-state index >= 15 is 0 Å². The van der Waals surface area contributed by atoms with Crippen molar-refractivity contribution < 1.29 is 14.4 Å². The quantitative estimate of drug-likeness (QED) is 0.600. The SMILES string of the molecule is CC[C@H](C)[C@H]1C(=O)Nc2ccccc2CN1C(=O)NCCNC(N)=O. The standard InChI is InChI=1S/C17H25N5O3/c1-3-11(2)14-15(23)21-13-7-5-4-6-12(13)10-22(14)17(25)20-9-8-19-16(18)24/h4-7,11,14H,3,8-10H2,1-2H3,(H,20,25)(H,21,23)(H3,18,19,24)/t11-,14-/m0/s1. The molecule has 0 saturated carbocycles. The molecule has 136 valence electrons. The fourth-order valence-corrected chi connectivity index (χ4v) is 2.85. The molecule has 1 aliphatic rings. The van der Waals surface area contributed by atoms with Crippen LogP contribution in [-0.2, 0) is 11.3 Å². The van der Waals surface area contributed by atoms with Gasteiger partial charge in [0.1, 0.15) is 6.04 Å². The van der Waals surface area contributed by atoms with E-state index in [1.807, 2.05) is 38.1 Å². The summed E-state index contributed by atoms with van der Waals surface area (Å²) in [5.74, 6) is -0.187. The lowest BCUT2D eigenvalue weighted by molar-refractivity contribution is -0.121. The van der Waals surface area contributed by atoms with Crippen LogP contribution in [-0.4, -0.2) is 42.0 Å². The number of primary amides is 1. The molecule has 1 aromatic rings. The minimum absolute atomic E-state index is 0.00352. The Labute approximate surface area is 147 Å². The third kappa shape index (κ3) is 4.62. The number of urea groups is 2. The van der Waals surface area contributed by atoms with E-state index in [0.29, 0.717) is 6.54 Å². The molecule has 8 heteroatoms. The highest BCUT2D eigenvalue weighted by Crippen LogP contribution is 2.27. The molecule has 1 aliphatic heterocycles. The zero-order chi connectivity index (χ0) is 18.4. The van der Waals surface area contributed by atoms with Gasteiger partial charge in [0, 0.05) is 18.8 Å². The van der Waals surface area contributed by atoms with Gasteiger partial charge in [0.05, 0.1) is 6.54 Å². The van der Waals surface area contributed by atoms with Crippen molar-refractivity contribution in [1.82, 2.24) is 15.5 Å². The predicted octanol–water partition coefficient (Wildman–Crippen LogP) is 1.23. The Hall–Kier alpha value is -2.77. The van der Waals surface area contributed by atoms with Crippen LogP contribution in [0.5, 0.6) is 0 Å². The highest BCUT2D eigenvalue weighted by atomic mass is 16.2. The van der Waals surface area contributed by atoms with Crippen LogP contribution in [0.1, 0.15) is 25.8 Å². The van der Waals surface area contributed by atoms with E-state index < -0.39 is 12.1 Å². The number of nitrogens with two attached hydrogens (primary N) is 1. The lowest BCUT2D eigenvalue weighted by atomic mass is 9.97. The van der Waals surface area contributed by atoms with Gasteiger partial charge in [-0.15, -0.1) is 0 Å². The topological polar surface area (TPSA) is 117 Å². The molecule has 1 heterocycles. The van der Waals surface area contributed by atoms with Gasteiger partial charge >= 0.3 is 12.1 Å². The number of rotatable bonds is 5. The number of nitrogens with zero attached hydrogens (tertiary/aromatic N) is 1. The molecular formula is C17H25N5O3. The Balaban J connectivity index is 2.18. The van der Waals surface area contributed by atoms with Crippen molar-refractivity contribution >= 4 is 23.7 Å². The van der Waals surface area contributed by atoms with E-state index in [4.69, 9.17) is 5.73 Å². The number of hydrogen-bond donors (Lipinski definition) is 4. The van der Waals surface area contributed by atoms with Crippen LogP contribution < -0.4 is 21.7 Å². The summed E-state index contributed by atoms with van der Waals surface area (Å²) in [5.41, 5.74) is 6.61. The highest BCUT2D eigenvalue weighted by Gasteiger charge is 2.36. The summed E-state index contributed by atoms with van der Waals surface area (Å²) in [7, 11) is 0. The summed E-state index contributed by atoms with van der Waals surface area (Å²) in [6, 6.07) is 5.90. The summed E-state index contributed by atoms with van der Waals surface area (Å²) < 4.78 is 0. The van der Waals surface area contributed by atoms with Crippen LogP contribution in [0.15, 0.2) is 24.3 Å². The summed E-state index contributed by atoms with van der Waals surface area (Å²) in [5, 5.41) is 8.07. The Bertz CT molecular complexity index is 649. The Morgan fingerprint density at radius 1 is 1.32 bits per heavy atom. The van der Waals surface area contributed by atoms with Gasteiger partial charge in [0.2, 0.25) is 5.91 Å². The van der Waals surface area contributed by atoms with E-state index in [9.17, 15) is 14.4 Å². The first-order valence-corrected chi connectivity index (χ1v) is 8.40. The fourth-order valence-electron chi connectivity index (χ4n) is 2.85. The van der Waals surface area contributed by atoms with Crippen LogP contribution in [0.4, 0.5) is 15.3 Å². The number of carbonyl (C=O) groups is 3. The summed E-state index contributed by atoms with van der Waals surface area (Å²) in [6.45, 7) is 4.73. The smallest absolute Gasteiger partial charge is 0.318 e. The third-order valence-corrected chi connectivity index (χ3v) is 4.36. The number of benzene rings is 1. The monoisotopic (exact) mass is 347 g/mol. The van der Waals surface area contributed by atoms with Crippen molar-refractivity contribution in [1.29, 1.82) is 0 Å². The predicted molar refractivity (Wildman–Crippen MR) is 94.8 cm³/mol. The number of hydrogen-bond acceptors (Lipinski definition) is 3. The van der Waals surface area contributed by atoms with Crippen molar-refractivity contribution in [2.75, 3.05) is 18.4 Å². The average molecular weight is 347 g/mol. The first kappa shape index (κ1) is 18.6. The largest absolute Gasteiger partial charge is 0.352 e. The van der Waals surface area contributed by atoms with Gasteiger partial charge < -0.3 is 26.6 Å². The van der Waals surface area contributed by atoms with Gasteiger partial charge in [-0.2, -0.15) is 0 Å². The van der Waals surface area contributed by atoms with Gasteiger partial charge in [-0.3, -0.25) is 4.79 Å². The van der Waals surface area contributed by atoms with E-state index in [0.717, 1.165) is 17.7 Å². The molecular weight excluding hydrogens is 322 g/mol. The van der Waals surface area contributed by atoms with Crippen LogP contribution in [0.25, 0.3) is 0 Å². The molecule has 2 atom stereocenters. The second kappa shape index (κ2) is 8.36. The number of anilines is 1. The molecule has 0 fully saturated rings. The lowest BCUT2D eigenvalue weighted by Crippen LogP contribution is -2.53. The first-order valence-electron chi connectivity index (χ1n) is 8.40. The minimum atomic E-state index is -0.644. The van der Waals surface area contributed by atoms with Crippen molar-refractivity contribution in [3.63, 3.8) is 0 Å². The molecule has 0 spiro atoms. The molecule has 1 aromatic carbocycles. The van der Waals surface area contributed by atoms with Gasteiger partial charge in [-0.25, -0.2) is 9.59 Å². The zero-order valence-electron chi connectivity index (χ0n) is 14.5. The number of fused-ring (bicyclic) bond motifs is 1. The van der Waals surface area contributed by atoms with Gasteiger partial charge in [0.15, 0.2) is 0 Å². The molecule has 0 bridgehead atoms. The Morgan fingerprint density at radius 2 is 2.00 bits per heavy atom. The van der Waals surface area contributed by atoms with E-state index in [1.54, 1.807) is 4.90 Å². The molecule has 0 saturated heterocycles. The summed E-state index contributed by atoms with van der Waals surface area (Å²) in [4.78, 5) is 37.6. The van der Waals surface area contributed by atoms with Gasteiger partial charge in [0.25, 0.3) is 0 Å². The normalized spacial score (nSPS) is 17.8. The number of carbonyl (C=O) groups excluding carboxylic acids is 3.